The van der Waals surface area contributed by atoms with Crippen LogP contribution in [0.25, 0.3) is 0 Å². The number of carbonyl (C=O) groups excluding carboxylic acids is 1. The van der Waals surface area contributed by atoms with Gasteiger partial charge in [0.15, 0.2) is 0 Å². The number of rotatable bonds is 5. The van der Waals surface area contributed by atoms with Crippen molar-refractivity contribution in [2.75, 3.05) is 51.0 Å². The Morgan fingerprint density at radius 2 is 2.29 bits per heavy atom. The van der Waals surface area contributed by atoms with Gasteiger partial charge in [0.25, 0.3) is 0 Å². The van der Waals surface area contributed by atoms with Crippen molar-refractivity contribution >= 4 is 17.3 Å². The zero-order valence-corrected chi connectivity index (χ0v) is 12.4. The van der Waals surface area contributed by atoms with Crippen molar-refractivity contribution in [3.05, 3.63) is 18.2 Å². The highest BCUT2D eigenvalue weighted by atomic mass is 16.5. The lowest BCUT2D eigenvalue weighted by atomic mass is 10.2. The first kappa shape index (κ1) is 15.6. The fraction of sp³-hybridized carbons (Fsp3) is 0.533. The molecule has 0 atom stereocenters. The molecule has 1 aliphatic rings. The Balaban J connectivity index is 1.85. The predicted octanol–water partition coefficient (Wildman–Crippen LogP) is 1.33. The summed E-state index contributed by atoms with van der Waals surface area (Å²) in [5, 5.41) is 2.86. The Kier molecular flexibility index (Phi) is 5.83. The monoisotopic (exact) mass is 293 g/mol. The molecule has 6 heteroatoms. The molecule has 21 heavy (non-hydrogen) atoms. The number of hydrogen-bond acceptors (Lipinski definition) is 5. The van der Waals surface area contributed by atoms with Crippen molar-refractivity contribution in [3.63, 3.8) is 0 Å². The number of amides is 1. The standard InChI is InChI=1S/C15H23N3O3/c1-20-14-4-3-12(16)11-13(14)17-15(19)5-7-18-6-2-9-21-10-8-18/h3-4,11H,2,5-10,16H2,1H3,(H,17,19). The zero-order valence-electron chi connectivity index (χ0n) is 12.4. The predicted molar refractivity (Wildman–Crippen MR) is 82.5 cm³/mol. The van der Waals surface area contributed by atoms with Gasteiger partial charge < -0.3 is 25.4 Å². The van der Waals surface area contributed by atoms with Crippen LogP contribution in [0.4, 0.5) is 11.4 Å². The third-order valence-corrected chi connectivity index (χ3v) is 3.47. The van der Waals surface area contributed by atoms with Gasteiger partial charge >= 0.3 is 0 Å². The van der Waals surface area contributed by atoms with E-state index in [0.29, 0.717) is 23.5 Å². The third-order valence-electron chi connectivity index (χ3n) is 3.47. The third kappa shape index (κ3) is 4.91. The van der Waals surface area contributed by atoms with E-state index in [1.54, 1.807) is 25.3 Å². The number of ether oxygens (including phenoxy) is 2. The van der Waals surface area contributed by atoms with E-state index in [1.165, 1.54) is 0 Å². The van der Waals surface area contributed by atoms with Crippen LogP contribution in [0.5, 0.6) is 5.75 Å². The van der Waals surface area contributed by atoms with Crippen LogP contribution in [-0.2, 0) is 9.53 Å². The Morgan fingerprint density at radius 1 is 1.43 bits per heavy atom. The molecule has 6 nitrogen and oxygen atoms in total. The van der Waals surface area contributed by atoms with Crippen LogP contribution in [0, 0.1) is 0 Å². The zero-order chi connectivity index (χ0) is 15.1. The van der Waals surface area contributed by atoms with Crippen molar-refractivity contribution in [1.82, 2.24) is 4.90 Å². The lowest BCUT2D eigenvalue weighted by Gasteiger charge is -2.18. The van der Waals surface area contributed by atoms with Gasteiger partial charge in [-0.1, -0.05) is 0 Å². The Labute approximate surface area is 125 Å². The van der Waals surface area contributed by atoms with Gasteiger partial charge in [-0.15, -0.1) is 0 Å². The minimum atomic E-state index is -0.0379. The van der Waals surface area contributed by atoms with Gasteiger partial charge in [0, 0.05) is 38.3 Å². The number of methoxy groups -OCH3 is 1. The smallest absolute Gasteiger partial charge is 0.225 e. The number of nitrogen functional groups attached to an aromatic ring is 1. The molecule has 0 unspecified atom stereocenters. The molecule has 0 radical (unpaired) electrons. The molecule has 1 fully saturated rings. The second-order valence-corrected chi connectivity index (χ2v) is 5.07. The van der Waals surface area contributed by atoms with Gasteiger partial charge in [-0.25, -0.2) is 0 Å². The molecule has 116 valence electrons. The average molecular weight is 293 g/mol. The van der Waals surface area contributed by atoms with Crippen LogP contribution in [0.2, 0.25) is 0 Å². The molecule has 3 N–H and O–H groups in total. The molecular weight excluding hydrogens is 270 g/mol. The summed E-state index contributed by atoms with van der Waals surface area (Å²) >= 11 is 0. The van der Waals surface area contributed by atoms with E-state index in [1.807, 2.05) is 0 Å². The molecule has 0 bridgehead atoms. The summed E-state index contributed by atoms with van der Waals surface area (Å²) in [6.07, 6.45) is 1.46. The van der Waals surface area contributed by atoms with E-state index >= 15 is 0 Å². The number of benzene rings is 1. The second-order valence-electron chi connectivity index (χ2n) is 5.07. The molecule has 1 aliphatic heterocycles. The molecule has 1 aromatic carbocycles. The molecule has 0 aliphatic carbocycles. The molecule has 0 aromatic heterocycles. The molecule has 0 spiro atoms. The number of hydrogen-bond donors (Lipinski definition) is 2. The van der Waals surface area contributed by atoms with Crippen LogP contribution in [0.15, 0.2) is 18.2 Å². The van der Waals surface area contributed by atoms with E-state index < -0.39 is 0 Å². The summed E-state index contributed by atoms with van der Waals surface area (Å²) in [7, 11) is 1.57. The fourth-order valence-corrected chi connectivity index (χ4v) is 2.32. The number of carbonyl (C=O) groups is 1. The van der Waals surface area contributed by atoms with E-state index in [0.717, 1.165) is 39.3 Å². The average Bonchev–Trinajstić information content (AvgIpc) is 2.74. The lowest BCUT2D eigenvalue weighted by molar-refractivity contribution is -0.116. The van der Waals surface area contributed by atoms with Crippen molar-refractivity contribution in [2.24, 2.45) is 0 Å². The summed E-state index contributed by atoms with van der Waals surface area (Å²) in [4.78, 5) is 14.3. The summed E-state index contributed by atoms with van der Waals surface area (Å²) in [6.45, 7) is 4.15. The maximum absolute atomic E-state index is 12.1. The SMILES string of the molecule is COc1ccc(N)cc1NC(=O)CCN1CCCOCC1. The van der Waals surface area contributed by atoms with Gasteiger partial charge in [-0.3, -0.25) is 4.79 Å². The van der Waals surface area contributed by atoms with Gasteiger partial charge in [0.05, 0.1) is 19.4 Å². The van der Waals surface area contributed by atoms with Crippen LogP contribution < -0.4 is 15.8 Å². The minimum absolute atomic E-state index is 0.0379. The largest absolute Gasteiger partial charge is 0.495 e. The van der Waals surface area contributed by atoms with Crippen molar-refractivity contribution in [1.29, 1.82) is 0 Å². The first-order valence-corrected chi connectivity index (χ1v) is 7.22. The Hall–Kier alpha value is -1.79. The van der Waals surface area contributed by atoms with Crippen LogP contribution in [0.1, 0.15) is 12.8 Å². The van der Waals surface area contributed by atoms with Crippen molar-refractivity contribution < 1.29 is 14.3 Å². The highest BCUT2D eigenvalue weighted by Crippen LogP contribution is 2.26. The molecule has 1 aromatic rings. The molecule has 1 saturated heterocycles. The Morgan fingerprint density at radius 3 is 3.10 bits per heavy atom. The normalized spacial score (nSPS) is 16.2. The molecule has 1 amide bonds. The van der Waals surface area contributed by atoms with E-state index in [2.05, 4.69) is 10.2 Å². The molecule has 2 rings (SSSR count). The lowest BCUT2D eigenvalue weighted by Crippen LogP contribution is -2.30. The summed E-state index contributed by atoms with van der Waals surface area (Å²) in [5.41, 5.74) is 6.94. The van der Waals surface area contributed by atoms with Crippen molar-refractivity contribution in [2.45, 2.75) is 12.8 Å². The van der Waals surface area contributed by atoms with E-state index in [9.17, 15) is 4.79 Å². The van der Waals surface area contributed by atoms with Crippen LogP contribution >= 0.6 is 0 Å². The summed E-state index contributed by atoms with van der Waals surface area (Å²) in [6, 6.07) is 5.19. The molecule has 1 heterocycles. The maximum atomic E-state index is 12.1. The first-order valence-electron chi connectivity index (χ1n) is 7.22. The number of nitrogens with one attached hydrogen (secondary N) is 1. The van der Waals surface area contributed by atoms with E-state index in [4.69, 9.17) is 15.2 Å². The maximum Gasteiger partial charge on any atom is 0.225 e. The highest BCUT2D eigenvalue weighted by Gasteiger charge is 2.12. The molecular formula is C15H23N3O3. The topological polar surface area (TPSA) is 76.8 Å². The second kappa shape index (κ2) is 7.85. The number of anilines is 2. The van der Waals surface area contributed by atoms with Gasteiger partial charge in [-0.05, 0) is 24.6 Å². The number of nitrogens with zero attached hydrogens (tertiary/aromatic N) is 1. The van der Waals surface area contributed by atoms with Gasteiger partial charge in [0.1, 0.15) is 5.75 Å². The summed E-state index contributed by atoms with van der Waals surface area (Å²) in [5.74, 6) is 0.574. The van der Waals surface area contributed by atoms with Crippen molar-refractivity contribution in [3.8, 4) is 5.75 Å². The van der Waals surface area contributed by atoms with Crippen LogP contribution in [0.3, 0.4) is 0 Å². The van der Waals surface area contributed by atoms with Gasteiger partial charge in [0.2, 0.25) is 5.91 Å². The first-order chi connectivity index (χ1) is 10.2. The molecule has 0 saturated carbocycles. The number of nitrogens with two attached hydrogens (primary N) is 1. The van der Waals surface area contributed by atoms with Gasteiger partial charge in [-0.2, -0.15) is 0 Å². The quantitative estimate of drug-likeness (QED) is 0.801. The van der Waals surface area contributed by atoms with E-state index in [-0.39, 0.29) is 5.91 Å². The fourth-order valence-electron chi connectivity index (χ4n) is 2.32. The summed E-state index contributed by atoms with van der Waals surface area (Å²) < 4.78 is 10.6. The minimum Gasteiger partial charge on any atom is -0.495 e. The van der Waals surface area contributed by atoms with Crippen LogP contribution in [-0.4, -0.2) is 50.8 Å². The Bertz CT molecular complexity index is 471. The highest BCUT2D eigenvalue weighted by molar-refractivity contribution is 5.93.